The average molecular weight is 468 g/mol. The van der Waals surface area contributed by atoms with Gasteiger partial charge >= 0.3 is 0 Å². The van der Waals surface area contributed by atoms with E-state index in [2.05, 4.69) is 15.9 Å². The van der Waals surface area contributed by atoms with E-state index in [4.69, 9.17) is 0 Å². The zero-order chi connectivity index (χ0) is 20.5. The molecule has 10 heteroatoms. The molecule has 1 amide bonds. The first-order valence-electron chi connectivity index (χ1n) is 8.50. The number of amides is 1. The summed E-state index contributed by atoms with van der Waals surface area (Å²) in [6.07, 6.45) is 0. The number of hydrogen-bond acceptors (Lipinski definition) is 5. The van der Waals surface area contributed by atoms with Gasteiger partial charge in [-0.25, -0.2) is 8.42 Å². The molecule has 1 saturated heterocycles. The summed E-state index contributed by atoms with van der Waals surface area (Å²) in [5, 5.41) is 10.9. The van der Waals surface area contributed by atoms with Gasteiger partial charge in [-0.15, -0.1) is 0 Å². The molecule has 3 rings (SSSR count). The van der Waals surface area contributed by atoms with Crippen molar-refractivity contribution in [3.05, 3.63) is 68.2 Å². The quantitative estimate of drug-likeness (QED) is 0.508. The summed E-state index contributed by atoms with van der Waals surface area (Å²) < 4.78 is 27.6. The van der Waals surface area contributed by atoms with Crippen molar-refractivity contribution in [2.45, 2.75) is 11.8 Å². The third-order valence-electron chi connectivity index (χ3n) is 4.60. The molecule has 1 aliphatic rings. The molecule has 0 unspecified atom stereocenters. The number of benzene rings is 2. The van der Waals surface area contributed by atoms with Gasteiger partial charge in [-0.2, -0.15) is 4.31 Å². The molecule has 0 N–H and O–H groups in total. The summed E-state index contributed by atoms with van der Waals surface area (Å²) in [6, 6.07) is 10.7. The number of piperazine rings is 1. The zero-order valence-electron chi connectivity index (χ0n) is 15.0. The first kappa shape index (κ1) is 20.4. The van der Waals surface area contributed by atoms with Crippen molar-refractivity contribution < 1.29 is 18.1 Å². The SMILES string of the molecule is Cc1cc(C(=O)N2CCN(S(=O)(=O)c3cccc(Br)c3)CC2)ccc1[N+](=O)[O-]. The molecule has 1 heterocycles. The Kier molecular flexibility index (Phi) is 5.82. The third-order valence-corrected chi connectivity index (χ3v) is 6.99. The lowest BCUT2D eigenvalue weighted by Gasteiger charge is -2.34. The Morgan fingerprint density at radius 3 is 2.36 bits per heavy atom. The molecule has 1 aliphatic heterocycles. The Morgan fingerprint density at radius 2 is 1.79 bits per heavy atom. The fourth-order valence-corrected chi connectivity index (χ4v) is 5.10. The van der Waals surface area contributed by atoms with Crippen LogP contribution in [-0.2, 0) is 10.0 Å². The number of nitro benzene ring substituents is 1. The lowest BCUT2D eigenvalue weighted by molar-refractivity contribution is -0.385. The number of halogens is 1. The highest BCUT2D eigenvalue weighted by molar-refractivity contribution is 9.10. The standard InChI is InChI=1S/C18H18BrN3O5S/c1-13-11-14(5-6-17(13)22(24)25)18(23)20-7-9-21(10-8-20)28(26,27)16-4-2-3-15(19)12-16/h2-6,11-12H,7-10H2,1H3. The van der Waals surface area contributed by atoms with Gasteiger partial charge in [0.15, 0.2) is 0 Å². The van der Waals surface area contributed by atoms with E-state index in [1.807, 2.05) is 0 Å². The van der Waals surface area contributed by atoms with Crippen LogP contribution in [0.15, 0.2) is 51.8 Å². The monoisotopic (exact) mass is 467 g/mol. The molecular formula is C18H18BrN3O5S. The molecule has 28 heavy (non-hydrogen) atoms. The van der Waals surface area contributed by atoms with E-state index in [1.54, 1.807) is 30.0 Å². The summed E-state index contributed by atoms with van der Waals surface area (Å²) in [5.41, 5.74) is 0.722. The fraction of sp³-hybridized carbons (Fsp3) is 0.278. The maximum atomic E-state index is 12.8. The van der Waals surface area contributed by atoms with Crippen molar-refractivity contribution in [2.75, 3.05) is 26.2 Å². The first-order chi connectivity index (χ1) is 13.2. The summed E-state index contributed by atoms with van der Waals surface area (Å²) >= 11 is 3.27. The lowest BCUT2D eigenvalue weighted by Crippen LogP contribution is -2.50. The minimum Gasteiger partial charge on any atom is -0.336 e. The average Bonchev–Trinajstić information content (AvgIpc) is 2.67. The molecule has 0 saturated carbocycles. The molecule has 0 radical (unpaired) electrons. The van der Waals surface area contributed by atoms with Crippen molar-refractivity contribution in [1.82, 2.24) is 9.21 Å². The summed E-state index contributed by atoms with van der Waals surface area (Å²) in [5.74, 6) is -0.266. The van der Waals surface area contributed by atoms with Gasteiger partial charge in [-0.3, -0.25) is 14.9 Å². The Hall–Kier alpha value is -2.30. The van der Waals surface area contributed by atoms with Gasteiger partial charge in [0.25, 0.3) is 11.6 Å². The number of nitro groups is 1. The van der Waals surface area contributed by atoms with Crippen molar-refractivity contribution in [3.63, 3.8) is 0 Å². The van der Waals surface area contributed by atoms with Crippen LogP contribution in [0.3, 0.4) is 0 Å². The number of rotatable bonds is 4. The normalized spacial score (nSPS) is 15.4. The molecule has 8 nitrogen and oxygen atoms in total. The molecule has 148 valence electrons. The molecule has 0 spiro atoms. The van der Waals surface area contributed by atoms with Gasteiger partial charge in [0.2, 0.25) is 10.0 Å². The zero-order valence-corrected chi connectivity index (χ0v) is 17.4. The van der Waals surface area contributed by atoms with E-state index in [-0.39, 0.29) is 42.7 Å². The highest BCUT2D eigenvalue weighted by atomic mass is 79.9. The topological polar surface area (TPSA) is 101 Å². The number of carbonyl (C=O) groups is 1. The van der Waals surface area contributed by atoms with Crippen molar-refractivity contribution in [3.8, 4) is 0 Å². The third kappa shape index (κ3) is 4.08. The predicted molar refractivity (Wildman–Crippen MR) is 107 cm³/mol. The Labute approximate surface area is 171 Å². The van der Waals surface area contributed by atoms with Crippen LogP contribution in [0.5, 0.6) is 0 Å². The second-order valence-corrected chi connectivity index (χ2v) is 9.27. The number of hydrogen-bond donors (Lipinski definition) is 0. The van der Waals surface area contributed by atoms with Crippen LogP contribution < -0.4 is 0 Å². The molecule has 0 aromatic heterocycles. The number of sulfonamides is 1. The smallest absolute Gasteiger partial charge is 0.272 e. The van der Waals surface area contributed by atoms with Crippen molar-refractivity contribution in [2.24, 2.45) is 0 Å². The van der Waals surface area contributed by atoms with E-state index < -0.39 is 14.9 Å². The predicted octanol–water partition coefficient (Wildman–Crippen LogP) is 2.81. The van der Waals surface area contributed by atoms with Gasteiger partial charge in [-0.05, 0) is 37.3 Å². The van der Waals surface area contributed by atoms with Crippen molar-refractivity contribution in [1.29, 1.82) is 0 Å². The fourth-order valence-electron chi connectivity index (χ4n) is 3.08. The molecule has 0 bridgehead atoms. The minimum atomic E-state index is -3.63. The van der Waals surface area contributed by atoms with E-state index in [0.717, 1.165) is 0 Å². The van der Waals surface area contributed by atoms with E-state index in [1.165, 1.54) is 28.6 Å². The number of carbonyl (C=O) groups excluding carboxylic acids is 1. The first-order valence-corrected chi connectivity index (χ1v) is 10.7. The molecular weight excluding hydrogens is 450 g/mol. The number of aryl methyl sites for hydroxylation is 1. The van der Waals surface area contributed by atoms with Gasteiger partial charge in [0.1, 0.15) is 0 Å². The van der Waals surface area contributed by atoms with Crippen LogP contribution in [0, 0.1) is 17.0 Å². The van der Waals surface area contributed by atoms with Crippen LogP contribution in [0.2, 0.25) is 0 Å². The van der Waals surface area contributed by atoms with Crippen LogP contribution in [0.1, 0.15) is 15.9 Å². The van der Waals surface area contributed by atoms with Gasteiger partial charge < -0.3 is 4.90 Å². The van der Waals surface area contributed by atoms with Gasteiger partial charge in [0, 0.05) is 47.8 Å². The van der Waals surface area contributed by atoms with Gasteiger partial charge in [0.05, 0.1) is 9.82 Å². The lowest BCUT2D eigenvalue weighted by atomic mass is 10.1. The minimum absolute atomic E-state index is 0.0403. The van der Waals surface area contributed by atoms with Crippen molar-refractivity contribution >= 4 is 37.5 Å². The van der Waals surface area contributed by atoms with Gasteiger partial charge in [-0.1, -0.05) is 22.0 Å². The van der Waals surface area contributed by atoms with Crippen LogP contribution in [-0.4, -0.2) is 54.6 Å². The largest absolute Gasteiger partial charge is 0.336 e. The van der Waals surface area contributed by atoms with E-state index in [9.17, 15) is 23.3 Å². The Morgan fingerprint density at radius 1 is 1.11 bits per heavy atom. The van der Waals surface area contributed by atoms with Crippen LogP contribution in [0.25, 0.3) is 0 Å². The maximum absolute atomic E-state index is 12.8. The molecule has 0 aliphatic carbocycles. The second kappa shape index (κ2) is 7.98. The maximum Gasteiger partial charge on any atom is 0.272 e. The Balaban J connectivity index is 1.70. The summed E-state index contributed by atoms with van der Waals surface area (Å²) in [7, 11) is -3.63. The molecule has 2 aromatic carbocycles. The van der Waals surface area contributed by atoms with E-state index in [0.29, 0.717) is 15.6 Å². The van der Waals surface area contributed by atoms with E-state index >= 15 is 0 Å². The number of nitrogens with zero attached hydrogens (tertiary/aromatic N) is 3. The molecule has 1 fully saturated rings. The summed E-state index contributed by atoms with van der Waals surface area (Å²) in [6.45, 7) is 2.46. The van der Waals surface area contributed by atoms with Crippen LogP contribution >= 0.6 is 15.9 Å². The molecule has 2 aromatic rings. The summed E-state index contributed by atoms with van der Waals surface area (Å²) in [4.78, 5) is 24.9. The highest BCUT2D eigenvalue weighted by Gasteiger charge is 2.30. The Bertz CT molecular complexity index is 1030. The molecule has 0 atom stereocenters. The highest BCUT2D eigenvalue weighted by Crippen LogP contribution is 2.23. The second-order valence-electron chi connectivity index (χ2n) is 6.41. The van der Waals surface area contributed by atoms with Crippen LogP contribution in [0.4, 0.5) is 5.69 Å².